The van der Waals surface area contributed by atoms with Gasteiger partial charge in [0.05, 0.1) is 11.8 Å². The summed E-state index contributed by atoms with van der Waals surface area (Å²) in [6.45, 7) is 6.02. The first-order valence-electron chi connectivity index (χ1n) is 9.32. The Morgan fingerprint density at radius 1 is 1.11 bits per heavy atom. The molecule has 4 nitrogen and oxygen atoms in total. The van der Waals surface area contributed by atoms with Crippen LogP contribution in [0.1, 0.15) is 48.3 Å². The zero-order valence-corrected chi connectivity index (χ0v) is 17.2. The van der Waals surface area contributed by atoms with Crippen LogP contribution in [-0.4, -0.2) is 17.0 Å². The maximum Gasteiger partial charge on any atom is 0.314 e. The second-order valence-electron chi connectivity index (χ2n) is 7.82. The number of amides is 1. The summed E-state index contributed by atoms with van der Waals surface area (Å²) in [6, 6.07) is 15.8. The summed E-state index contributed by atoms with van der Waals surface area (Å²) in [7, 11) is 0. The first-order valence-corrected chi connectivity index (χ1v) is 10.1. The second kappa shape index (κ2) is 7.76. The van der Waals surface area contributed by atoms with Gasteiger partial charge in [-0.1, -0.05) is 50.2 Å². The Kier molecular flexibility index (Phi) is 5.57. The van der Waals surface area contributed by atoms with E-state index in [1.165, 1.54) is 5.56 Å². The van der Waals surface area contributed by atoms with E-state index >= 15 is 0 Å². The fourth-order valence-electron chi connectivity index (χ4n) is 3.41. The molecule has 1 atom stereocenters. The van der Waals surface area contributed by atoms with Gasteiger partial charge in [0.2, 0.25) is 5.91 Å². The molecular formula is C23H25NO3S. The van der Waals surface area contributed by atoms with Crippen LogP contribution in [0.3, 0.4) is 0 Å². The molecule has 1 unspecified atom stereocenters. The number of hydrogen-bond donors (Lipinski definition) is 2. The Bertz CT molecular complexity index is 1020. The molecule has 1 amide bonds. The molecule has 0 aliphatic rings. The highest BCUT2D eigenvalue weighted by Gasteiger charge is 2.36. The third kappa shape index (κ3) is 4.09. The molecule has 28 heavy (non-hydrogen) atoms. The van der Waals surface area contributed by atoms with Crippen molar-refractivity contribution in [3.8, 4) is 0 Å². The zero-order chi connectivity index (χ0) is 20.5. The second-order valence-corrected chi connectivity index (χ2v) is 8.99. The molecule has 1 aromatic heterocycles. The van der Waals surface area contributed by atoms with Crippen LogP contribution in [0.15, 0.2) is 48.5 Å². The smallest absolute Gasteiger partial charge is 0.314 e. The molecular weight excluding hydrogens is 370 g/mol. The van der Waals surface area contributed by atoms with Crippen molar-refractivity contribution in [2.75, 3.05) is 0 Å². The highest BCUT2D eigenvalue weighted by molar-refractivity contribution is 7.19. The monoisotopic (exact) mass is 395 g/mol. The number of rotatable bonds is 7. The molecule has 2 aromatic carbocycles. The summed E-state index contributed by atoms with van der Waals surface area (Å²) in [5.74, 6) is -0.793. The fourth-order valence-corrected chi connectivity index (χ4v) is 4.70. The quantitative estimate of drug-likeness (QED) is 0.612. The van der Waals surface area contributed by atoms with Gasteiger partial charge in [0.25, 0.3) is 0 Å². The van der Waals surface area contributed by atoms with E-state index in [9.17, 15) is 14.7 Å². The summed E-state index contributed by atoms with van der Waals surface area (Å²) in [5, 5.41) is 11.0. The van der Waals surface area contributed by atoms with Crippen molar-refractivity contribution >= 4 is 33.3 Å². The number of hydrogen-bond acceptors (Lipinski definition) is 3. The van der Waals surface area contributed by atoms with Gasteiger partial charge in [0.1, 0.15) is 0 Å². The Morgan fingerprint density at radius 3 is 2.36 bits per heavy atom. The minimum atomic E-state index is -1.01. The lowest BCUT2D eigenvalue weighted by atomic mass is 9.78. The van der Waals surface area contributed by atoms with Gasteiger partial charge in [-0.25, -0.2) is 0 Å². The van der Waals surface area contributed by atoms with Gasteiger partial charge in [-0.05, 0) is 47.1 Å². The summed E-state index contributed by atoms with van der Waals surface area (Å²) in [4.78, 5) is 24.3. The number of nitrogens with two attached hydrogens (primary N) is 1. The molecule has 0 saturated carbocycles. The summed E-state index contributed by atoms with van der Waals surface area (Å²) < 4.78 is 1.04. The zero-order valence-electron chi connectivity index (χ0n) is 16.4. The van der Waals surface area contributed by atoms with Crippen molar-refractivity contribution < 1.29 is 14.7 Å². The number of carbonyl (C=O) groups excluding carboxylic acids is 1. The van der Waals surface area contributed by atoms with Crippen molar-refractivity contribution in [1.29, 1.82) is 0 Å². The molecule has 146 valence electrons. The molecule has 5 heteroatoms. The summed E-state index contributed by atoms with van der Waals surface area (Å²) >= 11 is 1.57. The number of carbonyl (C=O) groups is 2. The molecule has 0 spiro atoms. The number of carboxylic acids is 1. The average molecular weight is 396 g/mol. The summed E-state index contributed by atoms with van der Waals surface area (Å²) in [6.07, 6.45) is 0.617. The number of carboxylic acid groups (broad SMARTS) is 1. The predicted octanol–water partition coefficient (Wildman–Crippen LogP) is 4.64. The van der Waals surface area contributed by atoms with Gasteiger partial charge < -0.3 is 10.8 Å². The number of thiophene rings is 1. The first-order chi connectivity index (χ1) is 13.2. The molecule has 1 heterocycles. The molecule has 0 aliphatic heterocycles. The van der Waals surface area contributed by atoms with E-state index in [1.807, 2.05) is 48.5 Å². The van der Waals surface area contributed by atoms with Crippen molar-refractivity contribution in [2.45, 2.75) is 44.9 Å². The van der Waals surface area contributed by atoms with Gasteiger partial charge in [0, 0.05) is 16.0 Å². The van der Waals surface area contributed by atoms with E-state index in [0.717, 1.165) is 26.1 Å². The molecule has 0 radical (unpaired) electrons. The Morgan fingerprint density at radius 2 is 1.79 bits per heavy atom. The van der Waals surface area contributed by atoms with Gasteiger partial charge in [-0.15, -0.1) is 11.3 Å². The Balaban J connectivity index is 1.93. The van der Waals surface area contributed by atoms with Crippen LogP contribution in [0.2, 0.25) is 0 Å². The van der Waals surface area contributed by atoms with E-state index in [2.05, 4.69) is 13.8 Å². The van der Waals surface area contributed by atoms with Crippen LogP contribution in [0, 0.1) is 0 Å². The SMILES string of the molecule is CC(C)c1ccc(C(C)(Cc2cc3ccc(CC(N)=O)cc3s2)C(=O)O)cc1. The van der Waals surface area contributed by atoms with E-state index in [4.69, 9.17) is 5.73 Å². The van der Waals surface area contributed by atoms with Gasteiger partial charge in [-0.3, -0.25) is 9.59 Å². The molecule has 0 bridgehead atoms. The molecule has 3 rings (SSSR count). The van der Waals surface area contributed by atoms with Gasteiger partial charge in [0.15, 0.2) is 0 Å². The van der Waals surface area contributed by atoms with Crippen LogP contribution in [0.25, 0.3) is 10.1 Å². The van der Waals surface area contributed by atoms with E-state index in [1.54, 1.807) is 18.3 Å². The lowest BCUT2D eigenvalue weighted by Crippen LogP contribution is -2.34. The van der Waals surface area contributed by atoms with Crippen molar-refractivity contribution in [3.63, 3.8) is 0 Å². The Hall–Kier alpha value is -2.66. The van der Waals surface area contributed by atoms with E-state index < -0.39 is 11.4 Å². The lowest BCUT2D eigenvalue weighted by molar-refractivity contribution is -0.143. The fraction of sp³-hybridized carbons (Fsp3) is 0.304. The van der Waals surface area contributed by atoms with Crippen LogP contribution < -0.4 is 5.73 Å². The van der Waals surface area contributed by atoms with Crippen molar-refractivity contribution in [2.24, 2.45) is 5.73 Å². The van der Waals surface area contributed by atoms with Crippen LogP contribution >= 0.6 is 11.3 Å². The molecule has 3 N–H and O–H groups in total. The minimum Gasteiger partial charge on any atom is -0.481 e. The number of aliphatic carboxylic acids is 1. The first kappa shape index (κ1) is 20.1. The van der Waals surface area contributed by atoms with Crippen LogP contribution in [0.4, 0.5) is 0 Å². The Labute approximate surface area is 169 Å². The predicted molar refractivity (Wildman–Crippen MR) is 114 cm³/mol. The highest BCUT2D eigenvalue weighted by atomic mass is 32.1. The van der Waals surface area contributed by atoms with Crippen molar-refractivity contribution in [3.05, 3.63) is 70.1 Å². The molecule has 0 fully saturated rings. The maximum atomic E-state index is 12.2. The topological polar surface area (TPSA) is 80.4 Å². The third-order valence-electron chi connectivity index (χ3n) is 5.23. The lowest BCUT2D eigenvalue weighted by Gasteiger charge is -2.25. The average Bonchev–Trinajstić information content (AvgIpc) is 3.02. The van der Waals surface area contributed by atoms with Gasteiger partial charge >= 0.3 is 5.97 Å². The molecule has 3 aromatic rings. The highest BCUT2D eigenvalue weighted by Crippen LogP contribution is 2.35. The number of primary amides is 1. The number of benzene rings is 2. The van der Waals surface area contributed by atoms with Crippen LogP contribution in [0.5, 0.6) is 0 Å². The van der Waals surface area contributed by atoms with Gasteiger partial charge in [-0.2, -0.15) is 0 Å². The molecule has 0 saturated heterocycles. The minimum absolute atomic E-state index is 0.207. The van der Waals surface area contributed by atoms with E-state index in [0.29, 0.717) is 12.3 Å². The van der Waals surface area contributed by atoms with Crippen LogP contribution in [-0.2, 0) is 27.8 Å². The maximum absolute atomic E-state index is 12.2. The molecule has 0 aliphatic carbocycles. The summed E-state index contributed by atoms with van der Waals surface area (Å²) in [5.41, 5.74) is 7.15. The third-order valence-corrected chi connectivity index (χ3v) is 6.33. The largest absolute Gasteiger partial charge is 0.481 e. The number of fused-ring (bicyclic) bond motifs is 1. The van der Waals surface area contributed by atoms with Crippen molar-refractivity contribution in [1.82, 2.24) is 0 Å². The normalized spacial score (nSPS) is 13.6. The van der Waals surface area contributed by atoms with E-state index in [-0.39, 0.29) is 12.3 Å². The standard InChI is InChI=1S/C23H25NO3S/c1-14(2)16-6-8-18(9-7-16)23(3,22(26)27)13-19-12-17-5-4-15(11-21(24)25)10-20(17)28-19/h4-10,12,14H,11,13H2,1-3H3,(H2,24,25)(H,26,27).